The van der Waals surface area contributed by atoms with Gasteiger partial charge in [0.2, 0.25) is 9.47 Å². The Morgan fingerprint density at radius 3 is 2.57 bits per heavy atom. The van der Waals surface area contributed by atoms with Gasteiger partial charge in [-0.3, -0.25) is 4.21 Å². The summed E-state index contributed by atoms with van der Waals surface area (Å²) in [6, 6.07) is 9.52. The van der Waals surface area contributed by atoms with Crippen LogP contribution in [-0.2, 0) is 17.2 Å². The monoisotopic (exact) mass is 335 g/mol. The van der Waals surface area contributed by atoms with Gasteiger partial charge in [-0.1, -0.05) is 41.7 Å². The number of aromatic nitrogens is 2. The SMILES string of the molecule is O=[S@](CCc1ccccc1)c1nnc(NCC(F)(F)F)s1. The van der Waals surface area contributed by atoms with Gasteiger partial charge >= 0.3 is 6.18 Å². The second kappa shape index (κ2) is 6.99. The topological polar surface area (TPSA) is 54.9 Å². The zero-order valence-corrected chi connectivity index (χ0v) is 12.4. The molecular formula is C12H12F3N3OS2. The second-order valence-electron chi connectivity index (χ2n) is 4.13. The number of benzene rings is 1. The number of nitrogens with zero attached hydrogens (tertiary/aromatic N) is 2. The molecule has 0 saturated carbocycles. The lowest BCUT2D eigenvalue weighted by Crippen LogP contribution is -2.21. The molecule has 9 heteroatoms. The van der Waals surface area contributed by atoms with Gasteiger partial charge in [0.1, 0.15) is 6.54 Å². The summed E-state index contributed by atoms with van der Waals surface area (Å²) in [5, 5.41) is 9.37. The first-order valence-corrected chi connectivity index (χ1v) is 8.14. The van der Waals surface area contributed by atoms with Crippen molar-refractivity contribution < 1.29 is 17.4 Å². The Kier molecular flexibility index (Phi) is 5.29. The van der Waals surface area contributed by atoms with E-state index < -0.39 is 23.5 Å². The predicted octanol–water partition coefficient (Wildman–Crippen LogP) is 2.86. The number of hydrogen-bond donors (Lipinski definition) is 1. The molecule has 0 aliphatic carbocycles. The van der Waals surface area contributed by atoms with Gasteiger partial charge in [-0.15, -0.1) is 10.2 Å². The van der Waals surface area contributed by atoms with Gasteiger partial charge in [0.05, 0.1) is 10.8 Å². The number of rotatable bonds is 6. The zero-order chi connectivity index (χ0) is 15.3. The Bertz CT molecular complexity index is 601. The van der Waals surface area contributed by atoms with E-state index in [0.29, 0.717) is 12.2 Å². The van der Waals surface area contributed by atoms with E-state index in [1.54, 1.807) is 0 Å². The summed E-state index contributed by atoms with van der Waals surface area (Å²) >= 11 is 0.883. The number of hydrogen-bond acceptors (Lipinski definition) is 5. The number of nitrogens with one attached hydrogen (secondary N) is 1. The molecule has 0 aliphatic heterocycles. The third-order valence-electron chi connectivity index (χ3n) is 2.46. The molecule has 0 aliphatic rings. The van der Waals surface area contributed by atoms with Crippen molar-refractivity contribution in [1.82, 2.24) is 10.2 Å². The Morgan fingerprint density at radius 2 is 1.90 bits per heavy atom. The predicted molar refractivity (Wildman–Crippen MR) is 75.9 cm³/mol. The molecule has 1 N–H and O–H groups in total. The molecule has 0 spiro atoms. The van der Waals surface area contributed by atoms with Gasteiger partial charge < -0.3 is 5.32 Å². The highest BCUT2D eigenvalue weighted by Gasteiger charge is 2.27. The fraction of sp³-hybridized carbons (Fsp3) is 0.333. The lowest BCUT2D eigenvalue weighted by molar-refractivity contribution is -0.115. The highest BCUT2D eigenvalue weighted by Crippen LogP contribution is 2.21. The molecule has 0 radical (unpaired) electrons. The first kappa shape index (κ1) is 15.9. The van der Waals surface area contributed by atoms with E-state index in [1.807, 2.05) is 30.3 Å². The smallest absolute Gasteiger partial charge is 0.351 e. The van der Waals surface area contributed by atoms with E-state index in [4.69, 9.17) is 0 Å². The normalized spacial score (nSPS) is 13.1. The van der Waals surface area contributed by atoms with Crippen LogP contribution in [0.4, 0.5) is 18.3 Å². The minimum atomic E-state index is -4.32. The molecular weight excluding hydrogens is 323 g/mol. The van der Waals surface area contributed by atoms with Crippen molar-refractivity contribution in [2.75, 3.05) is 17.6 Å². The molecule has 0 fully saturated rings. The number of anilines is 1. The fourth-order valence-corrected chi connectivity index (χ4v) is 3.55. The summed E-state index contributed by atoms with van der Waals surface area (Å²) in [7, 11) is -1.36. The van der Waals surface area contributed by atoms with Gasteiger partial charge in [-0.2, -0.15) is 13.2 Å². The lowest BCUT2D eigenvalue weighted by Gasteiger charge is -2.05. The third-order valence-corrected chi connectivity index (χ3v) is 4.99. The molecule has 1 aromatic heterocycles. The molecule has 4 nitrogen and oxygen atoms in total. The van der Waals surface area contributed by atoms with Gasteiger partial charge in [0, 0.05) is 5.75 Å². The van der Waals surface area contributed by atoms with E-state index in [2.05, 4.69) is 15.5 Å². The molecule has 0 bridgehead atoms. The van der Waals surface area contributed by atoms with Gasteiger partial charge in [0.15, 0.2) is 0 Å². The van der Waals surface area contributed by atoms with Crippen LogP contribution in [0.2, 0.25) is 0 Å². The molecule has 0 unspecified atom stereocenters. The van der Waals surface area contributed by atoms with E-state index in [9.17, 15) is 17.4 Å². The molecule has 1 heterocycles. The van der Waals surface area contributed by atoms with Crippen molar-refractivity contribution >= 4 is 27.3 Å². The molecule has 2 aromatic rings. The summed E-state index contributed by atoms with van der Waals surface area (Å²) in [5.74, 6) is 0.359. The van der Waals surface area contributed by atoms with E-state index in [0.717, 1.165) is 16.9 Å². The van der Waals surface area contributed by atoms with Crippen molar-refractivity contribution in [2.45, 2.75) is 16.9 Å². The van der Waals surface area contributed by atoms with Crippen LogP contribution < -0.4 is 5.32 Å². The highest BCUT2D eigenvalue weighted by atomic mass is 32.2. The molecule has 1 atom stereocenters. The minimum absolute atomic E-state index is 0.0235. The maximum absolute atomic E-state index is 12.0. The highest BCUT2D eigenvalue weighted by molar-refractivity contribution is 7.87. The van der Waals surface area contributed by atoms with Crippen LogP contribution >= 0.6 is 11.3 Å². The molecule has 21 heavy (non-hydrogen) atoms. The van der Waals surface area contributed by atoms with Crippen molar-refractivity contribution in [3.8, 4) is 0 Å². The second-order valence-corrected chi connectivity index (χ2v) is 6.85. The van der Waals surface area contributed by atoms with Crippen LogP contribution in [0.25, 0.3) is 0 Å². The Balaban J connectivity index is 1.87. The summed E-state index contributed by atoms with van der Waals surface area (Å²) < 4.78 is 48.4. The molecule has 0 saturated heterocycles. The van der Waals surface area contributed by atoms with Crippen LogP contribution in [0.15, 0.2) is 34.7 Å². The number of aryl methyl sites for hydroxylation is 1. The van der Waals surface area contributed by atoms with Crippen LogP contribution in [0.3, 0.4) is 0 Å². The summed E-state index contributed by atoms with van der Waals surface area (Å²) in [6.07, 6.45) is -3.71. The van der Waals surface area contributed by atoms with Crippen molar-refractivity contribution in [2.24, 2.45) is 0 Å². The Labute approximate surface area is 125 Å². The quantitative estimate of drug-likeness (QED) is 0.882. The minimum Gasteiger partial charge on any atom is -0.351 e. The van der Waals surface area contributed by atoms with Crippen LogP contribution in [-0.4, -0.2) is 32.9 Å². The zero-order valence-electron chi connectivity index (χ0n) is 10.8. The lowest BCUT2D eigenvalue weighted by atomic mass is 10.2. The van der Waals surface area contributed by atoms with E-state index in [1.165, 1.54) is 0 Å². The molecule has 2 rings (SSSR count). The largest absolute Gasteiger partial charge is 0.405 e. The first-order valence-electron chi connectivity index (χ1n) is 6.00. The number of halogens is 3. The molecule has 0 amide bonds. The van der Waals surface area contributed by atoms with Gasteiger partial charge in [0.25, 0.3) is 0 Å². The van der Waals surface area contributed by atoms with Crippen LogP contribution in [0.1, 0.15) is 5.56 Å². The third kappa shape index (κ3) is 5.43. The van der Waals surface area contributed by atoms with Crippen LogP contribution in [0.5, 0.6) is 0 Å². The summed E-state index contributed by atoms with van der Waals surface area (Å²) in [5.41, 5.74) is 1.05. The summed E-state index contributed by atoms with van der Waals surface area (Å²) in [4.78, 5) is 0. The van der Waals surface area contributed by atoms with E-state index in [-0.39, 0.29) is 9.47 Å². The maximum Gasteiger partial charge on any atom is 0.405 e. The summed E-state index contributed by atoms with van der Waals surface area (Å²) in [6.45, 7) is -1.18. The average Bonchev–Trinajstić information content (AvgIpc) is 2.92. The fourth-order valence-electron chi connectivity index (χ4n) is 1.49. The number of alkyl halides is 3. The molecule has 114 valence electrons. The Morgan fingerprint density at radius 1 is 1.19 bits per heavy atom. The van der Waals surface area contributed by atoms with Crippen molar-refractivity contribution in [1.29, 1.82) is 0 Å². The van der Waals surface area contributed by atoms with Crippen LogP contribution in [0, 0.1) is 0 Å². The van der Waals surface area contributed by atoms with Crippen molar-refractivity contribution in [3.05, 3.63) is 35.9 Å². The standard InChI is InChI=1S/C12H12F3N3OS2/c13-12(14,15)8-16-10-17-18-11(20-10)21(19)7-6-9-4-2-1-3-5-9/h1-5H,6-8H2,(H,16,17)/t21-/m1/s1. The maximum atomic E-state index is 12.0. The average molecular weight is 335 g/mol. The van der Waals surface area contributed by atoms with Crippen molar-refractivity contribution in [3.63, 3.8) is 0 Å². The molecule has 1 aromatic carbocycles. The Hall–Kier alpha value is -1.48. The van der Waals surface area contributed by atoms with Gasteiger partial charge in [-0.05, 0) is 12.0 Å². The van der Waals surface area contributed by atoms with E-state index >= 15 is 0 Å². The van der Waals surface area contributed by atoms with Gasteiger partial charge in [-0.25, -0.2) is 0 Å². The first-order chi connectivity index (χ1) is 9.94.